The highest BCUT2D eigenvalue weighted by molar-refractivity contribution is 7.14. The summed E-state index contributed by atoms with van der Waals surface area (Å²) in [7, 11) is 0. The van der Waals surface area contributed by atoms with E-state index in [1.807, 2.05) is 18.2 Å². The Kier molecular flexibility index (Phi) is 5.70. The van der Waals surface area contributed by atoms with Crippen LogP contribution < -0.4 is 10.6 Å². The van der Waals surface area contributed by atoms with E-state index in [0.717, 1.165) is 5.56 Å². The summed E-state index contributed by atoms with van der Waals surface area (Å²) in [4.78, 5) is 27.5. The number of carbonyl (C=O) groups is 2. The second kappa shape index (κ2) is 8.16. The summed E-state index contributed by atoms with van der Waals surface area (Å²) in [5.41, 5.74) is 1.38. The molecule has 0 unspecified atom stereocenters. The molecular weight excluding hydrogens is 374 g/mol. The highest BCUT2D eigenvalue weighted by Gasteiger charge is 2.12. The Morgan fingerprint density at radius 3 is 2.81 bits per heavy atom. The van der Waals surface area contributed by atoms with Crippen molar-refractivity contribution in [1.82, 2.24) is 10.3 Å². The number of halogens is 1. The number of nitrogens with zero attached hydrogens (tertiary/aromatic N) is 1. The van der Waals surface area contributed by atoms with E-state index in [4.69, 9.17) is 16.0 Å². The van der Waals surface area contributed by atoms with Gasteiger partial charge in [0.1, 0.15) is 11.5 Å². The molecular formula is C18H16ClN3O3S. The van der Waals surface area contributed by atoms with Crippen LogP contribution in [0.3, 0.4) is 0 Å². The summed E-state index contributed by atoms with van der Waals surface area (Å²) in [6, 6.07) is 10.8. The van der Waals surface area contributed by atoms with Crippen molar-refractivity contribution >= 4 is 39.9 Å². The molecule has 134 valence electrons. The molecule has 26 heavy (non-hydrogen) atoms. The van der Waals surface area contributed by atoms with Gasteiger partial charge >= 0.3 is 0 Å². The van der Waals surface area contributed by atoms with Crippen LogP contribution in [-0.4, -0.2) is 16.8 Å². The van der Waals surface area contributed by atoms with Crippen molar-refractivity contribution in [2.75, 3.05) is 5.32 Å². The SMILES string of the molecule is CC(=O)NCc1ccc(-c2csc(NC(=O)Cc3ccccc3Cl)n2)o1. The first-order chi connectivity index (χ1) is 12.5. The van der Waals surface area contributed by atoms with Crippen molar-refractivity contribution in [3.05, 3.63) is 58.1 Å². The van der Waals surface area contributed by atoms with Gasteiger partial charge in [-0.05, 0) is 23.8 Å². The maximum Gasteiger partial charge on any atom is 0.230 e. The van der Waals surface area contributed by atoms with Gasteiger partial charge in [0.05, 0.1) is 13.0 Å². The van der Waals surface area contributed by atoms with Gasteiger partial charge in [-0.25, -0.2) is 4.98 Å². The fraction of sp³-hybridized carbons (Fsp3) is 0.167. The van der Waals surface area contributed by atoms with Gasteiger partial charge in [-0.15, -0.1) is 11.3 Å². The van der Waals surface area contributed by atoms with E-state index in [-0.39, 0.29) is 18.2 Å². The molecule has 0 saturated carbocycles. The number of thiazole rings is 1. The molecule has 0 aliphatic rings. The van der Waals surface area contributed by atoms with Crippen LogP contribution in [0, 0.1) is 0 Å². The minimum absolute atomic E-state index is 0.125. The average Bonchev–Trinajstić information content (AvgIpc) is 3.24. The van der Waals surface area contributed by atoms with Gasteiger partial charge in [-0.2, -0.15) is 0 Å². The fourth-order valence-corrected chi connectivity index (χ4v) is 3.16. The molecule has 0 aliphatic heterocycles. The van der Waals surface area contributed by atoms with Crippen LogP contribution in [0.4, 0.5) is 5.13 Å². The maximum atomic E-state index is 12.2. The van der Waals surface area contributed by atoms with Gasteiger partial charge in [-0.3, -0.25) is 9.59 Å². The first-order valence-electron chi connectivity index (χ1n) is 7.83. The molecule has 3 rings (SSSR count). The lowest BCUT2D eigenvalue weighted by Gasteiger charge is -2.03. The molecule has 0 bridgehead atoms. The van der Waals surface area contributed by atoms with Crippen LogP contribution in [0.5, 0.6) is 0 Å². The number of nitrogens with one attached hydrogen (secondary N) is 2. The number of amides is 2. The zero-order valence-corrected chi connectivity index (χ0v) is 15.5. The molecule has 2 heterocycles. The largest absolute Gasteiger partial charge is 0.458 e. The van der Waals surface area contributed by atoms with E-state index in [0.29, 0.717) is 33.9 Å². The second-order valence-electron chi connectivity index (χ2n) is 5.53. The summed E-state index contributed by atoms with van der Waals surface area (Å²) < 4.78 is 5.65. The third-order valence-electron chi connectivity index (χ3n) is 3.49. The van der Waals surface area contributed by atoms with Crippen molar-refractivity contribution in [2.45, 2.75) is 19.9 Å². The van der Waals surface area contributed by atoms with E-state index in [1.54, 1.807) is 23.6 Å². The second-order valence-corrected chi connectivity index (χ2v) is 6.80. The van der Waals surface area contributed by atoms with E-state index in [2.05, 4.69) is 15.6 Å². The lowest BCUT2D eigenvalue weighted by atomic mass is 10.1. The molecule has 0 spiro atoms. The predicted octanol–water partition coefficient (Wildman–Crippen LogP) is 3.87. The summed E-state index contributed by atoms with van der Waals surface area (Å²) in [5.74, 6) is 0.894. The van der Waals surface area contributed by atoms with Gasteiger partial charge in [0, 0.05) is 17.3 Å². The quantitative estimate of drug-likeness (QED) is 0.670. The van der Waals surface area contributed by atoms with E-state index in [1.165, 1.54) is 18.3 Å². The minimum atomic E-state index is -0.190. The van der Waals surface area contributed by atoms with Gasteiger partial charge in [0.25, 0.3) is 0 Å². The molecule has 1 aromatic carbocycles. The number of carbonyl (C=O) groups excluding carboxylic acids is 2. The number of anilines is 1. The zero-order chi connectivity index (χ0) is 18.5. The molecule has 6 nitrogen and oxygen atoms in total. The number of furan rings is 1. The molecule has 0 atom stereocenters. The molecule has 0 saturated heterocycles. The summed E-state index contributed by atoms with van der Waals surface area (Å²) in [6.07, 6.45) is 0.177. The summed E-state index contributed by atoms with van der Waals surface area (Å²) in [6.45, 7) is 1.77. The Labute approximate surface area is 159 Å². The number of aromatic nitrogens is 1. The molecule has 2 N–H and O–H groups in total. The zero-order valence-electron chi connectivity index (χ0n) is 13.9. The minimum Gasteiger partial charge on any atom is -0.458 e. The molecule has 8 heteroatoms. The van der Waals surface area contributed by atoms with Crippen molar-refractivity contribution in [3.63, 3.8) is 0 Å². The van der Waals surface area contributed by atoms with Crippen LogP contribution in [0.1, 0.15) is 18.2 Å². The van der Waals surface area contributed by atoms with E-state index >= 15 is 0 Å². The van der Waals surface area contributed by atoms with Gasteiger partial charge in [0.15, 0.2) is 10.9 Å². The third-order valence-corrected chi connectivity index (χ3v) is 4.61. The van der Waals surface area contributed by atoms with Crippen molar-refractivity contribution in [3.8, 4) is 11.5 Å². The summed E-state index contributed by atoms with van der Waals surface area (Å²) in [5, 5.41) is 8.27. The maximum absolute atomic E-state index is 12.2. The third kappa shape index (κ3) is 4.71. The molecule has 0 radical (unpaired) electrons. The predicted molar refractivity (Wildman–Crippen MR) is 101 cm³/mol. The van der Waals surface area contributed by atoms with Crippen LogP contribution in [0.2, 0.25) is 5.02 Å². The van der Waals surface area contributed by atoms with Crippen LogP contribution >= 0.6 is 22.9 Å². The van der Waals surface area contributed by atoms with Crippen LogP contribution in [-0.2, 0) is 22.6 Å². The Balaban J connectivity index is 1.62. The lowest BCUT2D eigenvalue weighted by molar-refractivity contribution is -0.119. The van der Waals surface area contributed by atoms with Crippen LogP contribution in [0.15, 0.2) is 46.2 Å². The fourth-order valence-electron chi connectivity index (χ4n) is 2.24. The monoisotopic (exact) mass is 389 g/mol. The molecule has 2 amide bonds. The Morgan fingerprint density at radius 2 is 2.04 bits per heavy atom. The number of rotatable bonds is 6. The normalized spacial score (nSPS) is 10.5. The molecule has 3 aromatic rings. The van der Waals surface area contributed by atoms with Gasteiger partial charge in [-0.1, -0.05) is 29.8 Å². The Bertz CT molecular complexity index is 935. The van der Waals surface area contributed by atoms with Crippen molar-refractivity contribution in [2.24, 2.45) is 0 Å². The average molecular weight is 390 g/mol. The highest BCUT2D eigenvalue weighted by Crippen LogP contribution is 2.27. The smallest absolute Gasteiger partial charge is 0.230 e. The Hall–Kier alpha value is -2.64. The molecule has 0 fully saturated rings. The molecule has 2 aromatic heterocycles. The van der Waals surface area contributed by atoms with E-state index < -0.39 is 0 Å². The van der Waals surface area contributed by atoms with Crippen molar-refractivity contribution < 1.29 is 14.0 Å². The first kappa shape index (κ1) is 18.2. The van der Waals surface area contributed by atoms with Gasteiger partial charge in [0.2, 0.25) is 11.8 Å². The van der Waals surface area contributed by atoms with Gasteiger partial charge < -0.3 is 15.1 Å². The standard InChI is InChI=1S/C18H16ClN3O3S/c1-11(23)20-9-13-6-7-16(25-13)15-10-26-18(21-15)22-17(24)8-12-4-2-3-5-14(12)19/h2-7,10H,8-9H2,1H3,(H,20,23)(H,21,22,24). The highest BCUT2D eigenvalue weighted by atomic mass is 35.5. The number of benzene rings is 1. The lowest BCUT2D eigenvalue weighted by Crippen LogP contribution is -2.18. The topological polar surface area (TPSA) is 84.2 Å². The molecule has 0 aliphatic carbocycles. The number of hydrogen-bond donors (Lipinski definition) is 2. The number of hydrogen-bond acceptors (Lipinski definition) is 5. The Morgan fingerprint density at radius 1 is 1.23 bits per heavy atom. The van der Waals surface area contributed by atoms with E-state index in [9.17, 15) is 9.59 Å². The van der Waals surface area contributed by atoms with Crippen LogP contribution in [0.25, 0.3) is 11.5 Å². The first-order valence-corrected chi connectivity index (χ1v) is 9.09. The van der Waals surface area contributed by atoms with Crippen molar-refractivity contribution in [1.29, 1.82) is 0 Å². The summed E-state index contributed by atoms with van der Waals surface area (Å²) >= 11 is 7.38.